The summed E-state index contributed by atoms with van der Waals surface area (Å²) >= 11 is 0. The summed E-state index contributed by atoms with van der Waals surface area (Å²) in [7, 11) is 1.42. The van der Waals surface area contributed by atoms with Crippen LogP contribution in [0.3, 0.4) is 0 Å². The van der Waals surface area contributed by atoms with Crippen LogP contribution in [0.5, 0.6) is 0 Å². The van der Waals surface area contributed by atoms with Crippen LogP contribution in [0.15, 0.2) is 0 Å². The molecule has 92 valence electrons. The van der Waals surface area contributed by atoms with E-state index in [4.69, 9.17) is 18.3 Å². The van der Waals surface area contributed by atoms with E-state index < -0.39 is 8.56 Å². The quantitative estimate of drug-likeness (QED) is 0.461. The van der Waals surface area contributed by atoms with Crippen LogP contribution in [0.1, 0.15) is 6.92 Å². The zero-order valence-electron chi connectivity index (χ0n) is 9.41. The molecule has 0 N–H and O–H groups in total. The molecule has 0 saturated carbocycles. The smallest absolute Gasteiger partial charge is 0.337 e. The maximum Gasteiger partial charge on any atom is 0.337 e. The third kappa shape index (κ3) is 5.79. The van der Waals surface area contributed by atoms with Gasteiger partial charge in [0, 0.05) is 20.3 Å². The molecule has 0 radical (unpaired) electrons. The van der Waals surface area contributed by atoms with E-state index in [9.17, 15) is 0 Å². The first-order valence-electron chi connectivity index (χ1n) is 4.93. The van der Waals surface area contributed by atoms with Crippen molar-refractivity contribution in [2.45, 2.75) is 31.7 Å². The van der Waals surface area contributed by atoms with Gasteiger partial charge in [-0.25, -0.2) is 0 Å². The molecule has 4 nitrogen and oxygen atoms in total. The topological polar surface area (TPSA) is 40.2 Å². The molecule has 1 saturated heterocycles. The highest BCUT2D eigenvalue weighted by Crippen LogP contribution is 2.17. The van der Waals surface area contributed by atoms with Gasteiger partial charge < -0.3 is 18.3 Å². The molecule has 0 bridgehead atoms. The molecule has 2 atom stereocenters. The number of hydrogen-bond donors (Lipinski definition) is 0. The molecule has 1 fully saturated rings. The molecule has 0 spiro atoms. The van der Waals surface area contributed by atoms with Gasteiger partial charge in [0.25, 0.3) is 0 Å². The molecular formula is C9H24O4Si2. The van der Waals surface area contributed by atoms with Gasteiger partial charge in [0.15, 0.2) is 0 Å². The van der Waals surface area contributed by atoms with E-state index in [0.29, 0.717) is 12.7 Å². The van der Waals surface area contributed by atoms with Crippen molar-refractivity contribution in [1.29, 1.82) is 0 Å². The third-order valence-corrected chi connectivity index (χ3v) is 5.53. The van der Waals surface area contributed by atoms with Crippen molar-refractivity contribution in [3.63, 3.8) is 0 Å². The van der Waals surface area contributed by atoms with Gasteiger partial charge in [-0.2, -0.15) is 0 Å². The second kappa shape index (κ2) is 6.77. The summed E-state index contributed by atoms with van der Waals surface area (Å²) in [5.41, 5.74) is 0. The Hall–Kier alpha value is 0.274. The second-order valence-electron chi connectivity index (χ2n) is 3.85. The number of epoxide rings is 1. The lowest BCUT2D eigenvalue weighted by Crippen LogP contribution is -2.39. The highest BCUT2D eigenvalue weighted by atomic mass is 28.4. The normalized spacial score (nSPS) is 22.0. The summed E-state index contributed by atoms with van der Waals surface area (Å²) in [6.45, 7) is 5.63. The standard InChI is InChI=1S/C9H20O4Si.H4Si/c1-8(12-5-9-6-13-9)7-14(4,10-2)11-3;/h8-9H,5-7H2,1-4H3;1H4. The van der Waals surface area contributed by atoms with Crippen LogP contribution in [0, 0.1) is 0 Å². The molecule has 15 heavy (non-hydrogen) atoms. The maximum atomic E-state index is 5.61. The lowest BCUT2D eigenvalue weighted by molar-refractivity contribution is 0.0585. The largest absolute Gasteiger partial charge is 0.398 e. The summed E-state index contributed by atoms with van der Waals surface area (Å²) in [6.07, 6.45) is 0.506. The molecule has 1 heterocycles. The van der Waals surface area contributed by atoms with E-state index in [2.05, 4.69) is 0 Å². The molecule has 0 aliphatic carbocycles. The molecule has 0 amide bonds. The first kappa shape index (κ1) is 15.3. The summed E-state index contributed by atoms with van der Waals surface area (Å²) in [6, 6.07) is 0.854. The van der Waals surface area contributed by atoms with Gasteiger partial charge in [0.1, 0.15) is 6.10 Å². The summed E-state index contributed by atoms with van der Waals surface area (Å²) in [5, 5.41) is 0. The van der Waals surface area contributed by atoms with E-state index in [0.717, 1.165) is 12.7 Å². The Balaban J connectivity index is 0.00000196. The number of hydrogen-bond acceptors (Lipinski definition) is 4. The Bertz CT molecular complexity index is 171. The van der Waals surface area contributed by atoms with Gasteiger partial charge in [-0.1, -0.05) is 0 Å². The predicted octanol–water partition coefficient (Wildman–Crippen LogP) is -0.297. The summed E-state index contributed by atoms with van der Waals surface area (Å²) < 4.78 is 21.5. The fraction of sp³-hybridized carbons (Fsp3) is 1.00. The highest BCUT2D eigenvalue weighted by Gasteiger charge is 2.32. The minimum atomic E-state index is -1.98. The number of rotatable bonds is 7. The molecule has 1 rings (SSSR count). The van der Waals surface area contributed by atoms with Crippen LogP contribution >= 0.6 is 0 Å². The van der Waals surface area contributed by atoms with E-state index in [1.807, 2.05) is 13.5 Å². The Morgan fingerprint density at radius 1 is 1.40 bits per heavy atom. The van der Waals surface area contributed by atoms with Crippen molar-refractivity contribution in [2.24, 2.45) is 0 Å². The molecule has 1 aliphatic rings. The first-order chi connectivity index (χ1) is 6.59. The lowest BCUT2D eigenvalue weighted by atomic mass is 10.4. The van der Waals surface area contributed by atoms with Crippen molar-refractivity contribution in [3.8, 4) is 0 Å². The van der Waals surface area contributed by atoms with E-state index in [1.165, 1.54) is 0 Å². The molecule has 0 aromatic rings. The van der Waals surface area contributed by atoms with Crippen molar-refractivity contribution < 1.29 is 18.3 Å². The monoisotopic (exact) mass is 252 g/mol. The van der Waals surface area contributed by atoms with Gasteiger partial charge in [0.2, 0.25) is 0 Å². The average molecular weight is 252 g/mol. The molecule has 1 aliphatic heterocycles. The van der Waals surface area contributed by atoms with Crippen LogP contribution in [-0.4, -0.2) is 59.2 Å². The molecular weight excluding hydrogens is 228 g/mol. The predicted molar refractivity (Wildman–Crippen MR) is 66.9 cm³/mol. The SMILES string of the molecule is CO[Si](C)(CC(C)OCC1CO1)OC.[SiH4]. The van der Waals surface area contributed by atoms with Crippen molar-refractivity contribution in [1.82, 2.24) is 0 Å². The minimum absolute atomic E-state index is 0. The Morgan fingerprint density at radius 3 is 2.33 bits per heavy atom. The van der Waals surface area contributed by atoms with Crippen LogP contribution in [-0.2, 0) is 18.3 Å². The van der Waals surface area contributed by atoms with Crippen molar-refractivity contribution in [3.05, 3.63) is 0 Å². The molecule has 6 heteroatoms. The zero-order chi connectivity index (χ0) is 10.6. The van der Waals surface area contributed by atoms with Crippen LogP contribution in [0.25, 0.3) is 0 Å². The first-order valence-corrected chi connectivity index (χ1v) is 7.45. The third-order valence-electron chi connectivity index (χ3n) is 2.49. The number of ether oxygens (including phenoxy) is 2. The molecule has 0 aromatic carbocycles. The minimum Gasteiger partial charge on any atom is -0.398 e. The summed E-state index contributed by atoms with van der Waals surface area (Å²) in [5.74, 6) is 0. The highest BCUT2D eigenvalue weighted by molar-refractivity contribution is 6.66. The van der Waals surface area contributed by atoms with Gasteiger partial charge >= 0.3 is 8.56 Å². The summed E-state index contributed by atoms with van der Waals surface area (Å²) in [4.78, 5) is 0. The Labute approximate surface area is 97.5 Å². The maximum absolute atomic E-state index is 5.61. The van der Waals surface area contributed by atoms with E-state index in [1.54, 1.807) is 14.2 Å². The van der Waals surface area contributed by atoms with Crippen LogP contribution in [0.2, 0.25) is 12.6 Å². The van der Waals surface area contributed by atoms with Crippen molar-refractivity contribution >= 4 is 19.5 Å². The lowest BCUT2D eigenvalue weighted by Gasteiger charge is -2.25. The van der Waals surface area contributed by atoms with Crippen LogP contribution in [0.4, 0.5) is 0 Å². The zero-order valence-corrected chi connectivity index (χ0v) is 10.4. The molecule has 0 aromatic heterocycles. The Kier molecular flexibility index (Phi) is 6.89. The Morgan fingerprint density at radius 2 is 1.93 bits per heavy atom. The molecule has 2 unspecified atom stereocenters. The van der Waals surface area contributed by atoms with E-state index in [-0.39, 0.29) is 17.1 Å². The van der Waals surface area contributed by atoms with Gasteiger partial charge in [-0.05, 0) is 24.4 Å². The fourth-order valence-corrected chi connectivity index (χ4v) is 2.93. The average Bonchev–Trinajstić information content (AvgIpc) is 2.98. The van der Waals surface area contributed by atoms with E-state index >= 15 is 0 Å². The van der Waals surface area contributed by atoms with Gasteiger partial charge in [0.05, 0.1) is 19.3 Å². The van der Waals surface area contributed by atoms with Gasteiger partial charge in [-0.3, -0.25) is 0 Å². The van der Waals surface area contributed by atoms with Crippen molar-refractivity contribution in [2.75, 3.05) is 27.4 Å². The van der Waals surface area contributed by atoms with Crippen LogP contribution < -0.4 is 0 Å². The second-order valence-corrected chi connectivity index (χ2v) is 7.34. The van der Waals surface area contributed by atoms with Gasteiger partial charge in [-0.15, -0.1) is 0 Å². The fourth-order valence-electron chi connectivity index (χ4n) is 1.27.